The van der Waals surface area contributed by atoms with E-state index in [2.05, 4.69) is 20.6 Å². The number of nitrogens with zero attached hydrogens (tertiary/aromatic N) is 3. The summed E-state index contributed by atoms with van der Waals surface area (Å²) in [6, 6.07) is 13.0. The highest BCUT2D eigenvalue weighted by atomic mass is 16.1. The molecule has 3 heterocycles. The molecular formula is C24H23N5O2. The number of aryl methyl sites for hydroxylation is 2. The summed E-state index contributed by atoms with van der Waals surface area (Å²) in [5, 5.41) is 6.77. The number of fused-ring (bicyclic) bond motifs is 1. The lowest BCUT2D eigenvalue weighted by atomic mass is 9.99. The maximum atomic E-state index is 13.1. The third kappa shape index (κ3) is 4.16. The average molecular weight is 413 g/mol. The maximum absolute atomic E-state index is 13.1. The van der Waals surface area contributed by atoms with Gasteiger partial charge in [0.05, 0.1) is 11.9 Å². The molecule has 0 atom stereocenters. The number of carbonyl (C=O) groups is 1. The summed E-state index contributed by atoms with van der Waals surface area (Å²) in [7, 11) is 3.54. The summed E-state index contributed by atoms with van der Waals surface area (Å²) < 4.78 is 1.63. The fourth-order valence-electron chi connectivity index (χ4n) is 3.58. The van der Waals surface area contributed by atoms with E-state index in [1.54, 1.807) is 43.3 Å². The van der Waals surface area contributed by atoms with Gasteiger partial charge in [-0.2, -0.15) is 0 Å². The Morgan fingerprint density at radius 1 is 1.10 bits per heavy atom. The van der Waals surface area contributed by atoms with Crippen molar-refractivity contribution in [1.29, 1.82) is 0 Å². The number of pyridine rings is 3. The number of nitrogens with one attached hydrogen (secondary N) is 2. The van der Waals surface area contributed by atoms with Gasteiger partial charge in [0, 0.05) is 55.4 Å². The molecule has 7 nitrogen and oxygen atoms in total. The fraction of sp³-hybridized carbons (Fsp3) is 0.167. The van der Waals surface area contributed by atoms with E-state index >= 15 is 0 Å². The maximum Gasteiger partial charge on any atom is 0.258 e. The molecule has 156 valence electrons. The van der Waals surface area contributed by atoms with Crippen LogP contribution in [0.5, 0.6) is 0 Å². The van der Waals surface area contributed by atoms with Gasteiger partial charge in [-0.15, -0.1) is 0 Å². The Morgan fingerprint density at radius 3 is 2.68 bits per heavy atom. The molecule has 0 spiro atoms. The van der Waals surface area contributed by atoms with Gasteiger partial charge < -0.3 is 15.2 Å². The van der Waals surface area contributed by atoms with Crippen molar-refractivity contribution in [3.8, 4) is 11.1 Å². The first-order valence-corrected chi connectivity index (χ1v) is 9.93. The first-order valence-electron chi connectivity index (χ1n) is 9.93. The van der Waals surface area contributed by atoms with Crippen molar-refractivity contribution in [3.05, 3.63) is 82.5 Å². The van der Waals surface area contributed by atoms with Crippen LogP contribution in [0.3, 0.4) is 0 Å². The highest BCUT2D eigenvalue weighted by Crippen LogP contribution is 2.27. The Balaban J connectivity index is 1.70. The van der Waals surface area contributed by atoms with Crippen LogP contribution >= 0.6 is 0 Å². The van der Waals surface area contributed by atoms with Crippen molar-refractivity contribution >= 4 is 28.3 Å². The normalized spacial score (nSPS) is 10.8. The van der Waals surface area contributed by atoms with Gasteiger partial charge in [-0.25, -0.2) is 4.98 Å². The molecule has 0 fully saturated rings. The number of amides is 1. The van der Waals surface area contributed by atoms with Crippen LogP contribution in [0.2, 0.25) is 0 Å². The molecular weight excluding hydrogens is 390 g/mol. The third-order valence-corrected chi connectivity index (χ3v) is 5.26. The lowest BCUT2D eigenvalue weighted by molar-refractivity contribution is -0.115. The zero-order valence-corrected chi connectivity index (χ0v) is 17.6. The topological polar surface area (TPSA) is 88.9 Å². The molecule has 1 aromatic carbocycles. The van der Waals surface area contributed by atoms with E-state index in [0.29, 0.717) is 17.1 Å². The highest BCUT2D eigenvalue weighted by Gasteiger charge is 2.13. The molecule has 0 saturated heterocycles. The molecule has 0 aliphatic carbocycles. The quantitative estimate of drug-likeness (QED) is 0.523. The minimum absolute atomic E-state index is 0.109. The Hall–Kier alpha value is -4.00. The molecule has 3 aromatic heterocycles. The standard InChI is InChI=1S/C24H23N5O2/c1-15-6-7-18(28-23(30)9-16-5-4-8-26-13-16)11-19(15)20-10-17-14-27-22(25-2)12-21(17)29(3)24(20)31/h4-8,10-14H,9H2,1-3H3,(H,25,27)(H,28,30). The molecule has 0 bridgehead atoms. The summed E-state index contributed by atoms with van der Waals surface area (Å²) >= 11 is 0. The van der Waals surface area contributed by atoms with Gasteiger partial charge in [-0.05, 0) is 47.9 Å². The molecule has 4 aromatic rings. The van der Waals surface area contributed by atoms with E-state index in [4.69, 9.17) is 0 Å². The number of rotatable bonds is 5. The Morgan fingerprint density at radius 2 is 1.94 bits per heavy atom. The summed E-state index contributed by atoms with van der Waals surface area (Å²) in [5.41, 5.74) is 4.45. The van der Waals surface area contributed by atoms with Crippen molar-refractivity contribution in [2.24, 2.45) is 7.05 Å². The molecule has 7 heteroatoms. The molecule has 0 aliphatic rings. The van der Waals surface area contributed by atoms with Gasteiger partial charge >= 0.3 is 0 Å². The molecule has 2 N–H and O–H groups in total. The van der Waals surface area contributed by atoms with Crippen LogP contribution in [0.1, 0.15) is 11.1 Å². The number of anilines is 2. The zero-order valence-electron chi connectivity index (χ0n) is 17.6. The second-order valence-electron chi connectivity index (χ2n) is 7.42. The van der Waals surface area contributed by atoms with Crippen LogP contribution in [-0.4, -0.2) is 27.5 Å². The molecule has 4 rings (SSSR count). The van der Waals surface area contributed by atoms with Gasteiger partial charge in [0.15, 0.2) is 0 Å². The zero-order chi connectivity index (χ0) is 22.0. The van der Waals surface area contributed by atoms with E-state index in [9.17, 15) is 9.59 Å². The van der Waals surface area contributed by atoms with Crippen LogP contribution in [0.25, 0.3) is 22.0 Å². The van der Waals surface area contributed by atoms with E-state index < -0.39 is 0 Å². The molecule has 0 aliphatic heterocycles. The Kier molecular flexibility index (Phi) is 5.49. The fourth-order valence-corrected chi connectivity index (χ4v) is 3.58. The first kappa shape index (κ1) is 20.3. The van der Waals surface area contributed by atoms with E-state index in [1.165, 1.54) is 0 Å². The smallest absolute Gasteiger partial charge is 0.258 e. The first-order chi connectivity index (χ1) is 15.0. The number of hydrogen-bond donors (Lipinski definition) is 2. The molecule has 1 amide bonds. The number of carbonyl (C=O) groups excluding carboxylic acids is 1. The minimum Gasteiger partial charge on any atom is -0.373 e. The van der Waals surface area contributed by atoms with Crippen LogP contribution in [0.15, 0.2) is 65.8 Å². The van der Waals surface area contributed by atoms with Gasteiger partial charge in [-0.3, -0.25) is 14.6 Å². The Labute approximate surface area is 179 Å². The van der Waals surface area contributed by atoms with Gasteiger partial charge in [0.2, 0.25) is 5.91 Å². The molecule has 0 unspecified atom stereocenters. The van der Waals surface area contributed by atoms with Crippen LogP contribution in [0, 0.1) is 6.92 Å². The summed E-state index contributed by atoms with van der Waals surface area (Å²) in [5.74, 6) is 0.558. The van der Waals surface area contributed by atoms with Gasteiger partial charge in [0.25, 0.3) is 5.56 Å². The van der Waals surface area contributed by atoms with Crippen molar-refractivity contribution in [3.63, 3.8) is 0 Å². The number of hydrogen-bond acceptors (Lipinski definition) is 5. The van der Waals surface area contributed by atoms with Crippen LogP contribution < -0.4 is 16.2 Å². The highest BCUT2D eigenvalue weighted by molar-refractivity contribution is 5.93. The van der Waals surface area contributed by atoms with Crippen molar-refractivity contribution in [2.75, 3.05) is 17.7 Å². The number of aromatic nitrogens is 3. The second kappa shape index (κ2) is 8.39. The van der Waals surface area contributed by atoms with E-state index in [-0.39, 0.29) is 17.9 Å². The largest absolute Gasteiger partial charge is 0.373 e. The van der Waals surface area contributed by atoms with Crippen LogP contribution in [0.4, 0.5) is 11.5 Å². The Bertz CT molecular complexity index is 1330. The van der Waals surface area contributed by atoms with E-state index in [1.807, 2.05) is 43.3 Å². The second-order valence-corrected chi connectivity index (χ2v) is 7.42. The average Bonchev–Trinajstić information content (AvgIpc) is 2.78. The summed E-state index contributed by atoms with van der Waals surface area (Å²) in [6.07, 6.45) is 5.33. The van der Waals surface area contributed by atoms with E-state index in [0.717, 1.165) is 27.6 Å². The lowest BCUT2D eigenvalue weighted by Gasteiger charge is -2.13. The molecule has 0 radical (unpaired) electrons. The third-order valence-electron chi connectivity index (χ3n) is 5.26. The predicted octanol–water partition coefficient (Wildman–Crippen LogP) is 3.53. The van der Waals surface area contributed by atoms with Gasteiger partial charge in [0.1, 0.15) is 5.82 Å². The van der Waals surface area contributed by atoms with Crippen molar-refractivity contribution in [2.45, 2.75) is 13.3 Å². The number of benzene rings is 1. The van der Waals surface area contributed by atoms with Crippen molar-refractivity contribution in [1.82, 2.24) is 14.5 Å². The SMILES string of the molecule is CNc1cc2c(cn1)cc(-c1cc(NC(=O)Cc3cccnc3)ccc1C)c(=O)n2C. The predicted molar refractivity (Wildman–Crippen MR) is 123 cm³/mol. The molecule has 31 heavy (non-hydrogen) atoms. The molecule has 0 saturated carbocycles. The van der Waals surface area contributed by atoms with Crippen molar-refractivity contribution < 1.29 is 4.79 Å². The lowest BCUT2D eigenvalue weighted by Crippen LogP contribution is -2.20. The van der Waals surface area contributed by atoms with Crippen LogP contribution in [-0.2, 0) is 18.3 Å². The monoisotopic (exact) mass is 413 g/mol. The summed E-state index contributed by atoms with van der Waals surface area (Å²) in [6.45, 7) is 1.95. The minimum atomic E-state index is -0.141. The summed E-state index contributed by atoms with van der Waals surface area (Å²) in [4.78, 5) is 34.0. The van der Waals surface area contributed by atoms with Gasteiger partial charge in [-0.1, -0.05) is 12.1 Å².